The molecule has 0 atom stereocenters. The molecule has 0 aliphatic heterocycles. The van der Waals surface area contributed by atoms with Gasteiger partial charge in [0.05, 0.1) is 22.0 Å². The molecule has 112 valence electrons. The fourth-order valence-corrected chi connectivity index (χ4v) is 3.09. The van der Waals surface area contributed by atoms with Gasteiger partial charge in [-0.25, -0.2) is 13.2 Å². The van der Waals surface area contributed by atoms with E-state index in [0.29, 0.717) is 5.82 Å². The van der Waals surface area contributed by atoms with Gasteiger partial charge in [-0.15, -0.1) is 10.2 Å². The van der Waals surface area contributed by atoms with Crippen LogP contribution in [-0.2, 0) is 16.4 Å². The number of hydrogen-bond donors (Lipinski definition) is 1. The van der Waals surface area contributed by atoms with Gasteiger partial charge in [0.1, 0.15) is 0 Å². The second-order valence-electron chi connectivity index (χ2n) is 4.35. The normalized spacial score (nSPS) is 11.6. The summed E-state index contributed by atoms with van der Waals surface area (Å²) in [5, 5.41) is 20.2. The van der Waals surface area contributed by atoms with Crippen molar-refractivity contribution in [2.45, 2.75) is 18.4 Å². The fraction of sp³-hybridized carbons (Fsp3) is 0.273. The van der Waals surface area contributed by atoms with Crippen molar-refractivity contribution in [2.24, 2.45) is 0 Å². The molecule has 0 aliphatic rings. The number of carboxylic acids is 1. The summed E-state index contributed by atoms with van der Waals surface area (Å²) in [6.45, 7) is 1.53. The van der Waals surface area contributed by atoms with Gasteiger partial charge >= 0.3 is 5.97 Å². The molecule has 21 heavy (non-hydrogen) atoms. The van der Waals surface area contributed by atoms with Gasteiger partial charge in [0, 0.05) is 11.8 Å². The molecule has 0 bridgehead atoms. The van der Waals surface area contributed by atoms with E-state index in [9.17, 15) is 13.2 Å². The molecule has 0 spiro atoms. The summed E-state index contributed by atoms with van der Waals surface area (Å²) in [4.78, 5) is 12.2. The minimum atomic E-state index is -3.58. The highest BCUT2D eigenvalue weighted by molar-refractivity contribution is 7.90. The Kier molecular flexibility index (Phi) is 3.97. The number of rotatable bonds is 4. The van der Waals surface area contributed by atoms with Crippen LogP contribution in [0.2, 0.25) is 5.02 Å². The maximum absolute atomic E-state index is 11.8. The number of aromatic carboxylic acids is 1. The predicted octanol–water partition coefficient (Wildman–Crippen LogP) is 0.785. The molecule has 0 unspecified atom stereocenters. The number of nitrogens with zero attached hydrogens (tertiary/aromatic N) is 4. The van der Waals surface area contributed by atoms with Gasteiger partial charge in [-0.1, -0.05) is 11.6 Å². The van der Waals surface area contributed by atoms with Crippen LogP contribution in [0.4, 0.5) is 0 Å². The van der Waals surface area contributed by atoms with E-state index in [0.717, 1.165) is 17.1 Å². The van der Waals surface area contributed by atoms with Crippen molar-refractivity contribution >= 4 is 27.4 Å². The zero-order chi connectivity index (χ0) is 15.8. The summed E-state index contributed by atoms with van der Waals surface area (Å²) < 4.78 is 23.6. The largest absolute Gasteiger partial charge is 0.478 e. The first kappa shape index (κ1) is 15.4. The molecular weight excluding hydrogens is 320 g/mol. The van der Waals surface area contributed by atoms with Crippen molar-refractivity contribution in [1.29, 1.82) is 0 Å². The van der Waals surface area contributed by atoms with E-state index < -0.39 is 15.8 Å². The zero-order valence-corrected chi connectivity index (χ0v) is 12.7. The van der Waals surface area contributed by atoms with Crippen LogP contribution in [0.25, 0.3) is 0 Å². The van der Waals surface area contributed by atoms with Crippen LogP contribution in [0.3, 0.4) is 0 Å². The van der Waals surface area contributed by atoms with Crippen molar-refractivity contribution in [3.63, 3.8) is 0 Å². The maximum atomic E-state index is 11.8. The molecule has 0 aliphatic carbocycles. The highest BCUT2D eigenvalue weighted by Gasteiger charge is 2.22. The molecule has 0 amide bonds. The minimum Gasteiger partial charge on any atom is -0.478 e. The number of benzene rings is 1. The first-order valence-corrected chi connectivity index (χ1v) is 7.96. The van der Waals surface area contributed by atoms with Crippen LogP contribution in [0.1, 0.15) is 21.7 Å². The lowest BCUT2D eigenvalue weighted by Crippen LogP contribution is -2.12. The zero-order valence-electron chi connectivity index (χ0n) is 11.1. The third-order valence-electron chi connectivity index (χ3n) is 2.68. The van der Waals surface area contributed by atoms with E-state index in [2.05, 4.69) is 15.4 Å². The Bertz CT molecular complexity index is 816. The van der Waals surface area contributed by atoms with Crippen LogP contribution < -0.4 is 0 Å². The molecule has 8 nitrogen and oxygen atoms in total. The third kappa shape index (κ3) is 3.19. The number of tetrazole rings is 1. The van der Waals surface area contributed by atoms with Crippen LogP contribution in [-0.4, -0.2) is 46.0 Å². The topological polar surface area (TPSA) is 115 Å². The van der Waals surface area contributed by atoms with Gasteiger partial charge in [0.25, 0.3) is 0 Å². The van der Waals surface area contributed by atoms with Crippen molar-refractivity contribution in [3.05, 3.63) is 34.1 Å². The summed E-state index contributed by atoms with van der Waals surface area (Å²) in [6, 6.07) is 2.37. The summed E-state index contributed by atoms with van der Waals surface area (Å²) in [6.07, 6.45) is 1.02. The van der Waals surface area contributed by atoms with Crippen LogP contribution >= 0.6 is 11.6 Å². The number of hydrogen-bond acceptors (Lipinski definition) is 6. The van der Waals surface area contributed by atoms with Crippen molar-refractivity contribution in [1.82, 2.24) is 20.2 Å². The second kappa shape index (κ2) is 5.41. The monoisotopic (exact) mass is 330 g/mol. The number of carboxylic acid groups (broad SMARTS) is 1. The Balaban J connectivity index is 2.64. The van der Waals surface area contributed by atoms with Crippen LogP contribution in [0.5, 0.6) is 0 Å². The van der Waals surface area contributed by atoms with Gasteiger partial charge in [-0.3, -0.25) is 0 Å². The molecule has 1 N–H and O–H groups in total. The van der Waals surface area contributed by atoms with Crippen LogP contribution in [0.15, 0.2) is 17.0 Å². The molecule has 2 aromatic rings. The van der Waals surface area contributed by atoms with Gasteiger partial charge in [0.15, 0.2) is 15.7 Å². The number of carbonyl (C=O) groups is 1. The molecule has 1 heterocycles. The molecule has 0 fully saturated rings. The molecule has 0 saturated heterocycles. The van der Waals surface area contributed by atoms with E-state index in [-0.39, 0.29) is 27.6 Å². The third-order valence-corrected chi connectivity index (χ3v) is 4.30. The minimum absolute atomic E-state index is 0.0625. The standard InChI is InChI=1S/C11H11ClN4O4S/c1-6-13-15-16(14-6)5-8-9(21(2,19)20)4-3-7(10(8)12)11(17)18/h3-4H,5H2,1-2H3,(H,17,18). The SMILES string of the molecule is Cc1nnn(Cc2c(S(C)(=O)=O)ccc(C(=O)O)c2Cl)n1. The van der Waals surface area contributed by atoms with Crippen LogP contribution in [0, 0.1) is 6.92 Å². The lowest BCUT2D eigenvalue weighted by Gasteiger charge is -2.11. The lowest BCUT2D eigenvalue weighted by molar-refractivity contribution is 0.0697. The molecule has 0 saturated carbocycles. The van der Waals surface area contributed by atoms with Crippen molar-refractivity contribution < 1.29 is 18.3 Å². The molecule has 2 rings (SSSR count). The summed E-state index contributed by atoms with van der Waals surface area (Å²) in [5.74, 6) is -0.842. The molecule has 10 heteroatoms. The van der Waals surface area contributed by atoms with Crippen molar-refractivity contribution in [3.8, 4) is 0 Å². The number of halogens is 1. The molecule has 1 aromatic carbocycles. The predicted molar refractivity (Wildman–Crippen MR) is 73.2 cm³/mol. The van der Waals surface area contributed by atoms with E-state index in [1.165, 1.54) is 6.07 Å². The summed E-state index contributed by atoms with van der Waals surface area (Å²) in [7, 11) is -3.58. The van der Waals surface area contributed by atoms with E-state index in [4.69, 9.17) is 16.7 Å². The number of sulfone groups is 1. The van der Waals surface area contributed by atoms with Gasteiger partial charge in [-0.2, -0.15) is 4.80 Å². The first-order chi connectivity index (χ1) is 9.70. The van der Waals surface area contributed by atoms with Gasteiger partial charge in [-0.05, 0) is 24.3 Å². The smallest absolute Gasteiger partial charge is 0.337 e. The quantitative estimate of drug-likeness (QED) is 0.880. The lowest BCUT2D eigenvalue weighted by atomic mass is 10.1. The molecule has 0 radical (unpaired) electrons. The summed E-state index contributed by atoms with van der Waals surface area (Å²) in [5.41, 5.74) is -0.0626. The summed E-state index contributed by atoms with van der Waals surface area (Å²) >= 11 is 6.04. The molecule has 1 aromatic heterocycles. The van der Waals surface area contributed by atoms with Gasteiger partial charge < -0.3 is 5.11 Å². The fourth-order valence-electron chi connectivity index (χ4n) is 1.80. The van der Waals surface area contributed by atoms with Crippen molar-refractivity contribution in [2.75, 3.05) is 6.26 Å². The first-order valence-electron chi connectivity index (χ1n) is 5.69. The van der Waals surface area contributed by atoms with E-state index >= 15 is 0 Å². The Labute approximate surface area is 125 Å². The average Bonchev–Trinajstić information content (AvgIpc) is 2.75. The maximum Gasteiger partial charge on any atom is 0.337 e. The highest BCUT2D eigenvalue weighted by atomic mass is 35.5. The number of aromatic nitrogens is 4. The number of aryl methyl sites for hydroxylation is 1. The van der Waals surface area contributed by atoms with Gasteiger partial charge in [0.2, 0.25) is 0 Å². The Morgan fingerprint density at radius 1 is 1.43 bits per heavy atom. The average molecular weight is 331 g/mol. The highest BCUT2D eigenvalue weighted by Crippen LogP contribution is 2.28. The second-order valence-corrected chi connectivity index (χ2v) is 6.71. The van der Waals surface area contributed by atoms with E-state index in [1.807, 2.05) is 0 Å². The Hall–Kier alpha value is -2.00. The Morgan fingerprint density at radius 3 is 2.57 bits per heavy atom. The molecular formula is C11H11ClN4O4S. The Morgan fingerprint density at radius 2 is 2.10 bits per heavy atom. The van der Waals surface area contributed by atoms with E-state index in [1.54, 1.807) is 6.92 Å².